The molecule has 0 aliphatic rings. The molecule has 0 aliphatic heterocycles. The number of benzene rings is 3. The van der Waals surface area contributed by atoms with Crippen LogP contribution in [-0.4, -0.2) is 22.8 Å². The number of nitrogens with zero attached hydrogens (tertiary/aromatic N) is 2. The molecule has 1 heterocycles. The SMILES string of the molecule is CCOCCn1c(Cc2cccc3ccccc23)nc2ccc(Cl)cc21. The number of imidazole rings is 1. The highest BCUT2D eigenvalue weighted by Gasteiger charge is 2.13. The van der Waals surface area contributed by atoms with Crippen LogP contribution in [0.2, 0.25) is 5.02 Å². The molecule has 26 heavy (non-hydrogen) atoms. The van der Waals surface area contributed by atoms with E-state index in [1.54, 1.807) is 0 Å². The first kappa shape index (κ1) is 17.1. The number of hydrogen-bond acceptors (Lipinski definition) is 2. The molecule has 0 bridgehead atoms. The van der Waals surface area contributed by atoms with Gasteiger partial charge in [-0.05, 0) is 41.5 Å². The molecular formula is C22H21ClN2O. The van der Waals surface area contributed by atoms with E-state index in [4.69, 9.17) is 21.3 Å². The minimum atomic E-state index is 0.664. The molecule has 0 atom stereocenters. The first-order valence-electron chi connectivity index (χ1n) is 8.95. The summed E-state index contributed by atoms with van der Waals surface area (Å²) in [6.07, 6.45) is 0.778. The van der Waals surface area contributed by atoms with Gasteiger partial charge in [0.1, 0.15) is 5.82 Å². The zero-order valence-corrected chi connectivity index (χ0v) is 15.5. The molecule has 0 amide bonds. The van der Waals surface area contributed by atoms with Crippen LogP contribution in [0.3, 0.4) is 0 Å². The van der Waals surface area contributed by atoms with Crippen LogP contribution in [0.1, 0.15) is 18.3 Å². The maximum atomic E-state index is 6.23. The molecule has 0 fully saturated rings. The van der Waals surface area contributed by atoms with E-state index in [0.29, 0.717) is 13.2 Å². The summed E-state index contributed by atoms with van der Waals surface area (Å²) in [5, 5.41) is 3.26. The molecular weight excluding hydrogens is 344 g/mol. The highest BCUT2D eigenvalue weighted by Crippen LogP contribution is 2.25. The van der Waals surface area contributed by atoms with Crippen LogP contribution >= 0.6 is 11.6 Å². The van der Waals surface area contributed by atoms with E-state index in [-0.39, 0.29) is 0 Å². The summed E-state index contributed by atoms with van der Waals surface area (Å²) in [6.45, 7) is 4.16. The Morgan fingerprint density at radius 2 is 1.88 bits per heavy atom. The van der Waals surface area contributed by atoms with Crippen molar-refractivity contribution < 1.29 is 4.74 Å². The Morgan fingerprint density at radius 3 is 2.77 bits per heavy atom. The molecule has 0 N–H and O–H groups in total. The van der Waals surface area contributed by atoms with Crippen molar-refractivity contribution in [3.8, 4) is 0 Å². The van der Waals surface area contributed by atoms with Crippen molar-refractivity contribution in [3.05, 3.63) is 77.1 Å². The van der Waals surface area contributed by atoms with E-state index < -0.39 is 0 Å². The second-order valence-corrected chi connectivity index (χ2v) is 6.76. The predicted octanol–water partition coefficient (Wildman–Crippen LogP) is 5.47. The molecule has 0 saturated heterocycles. The first-order chi connectivity index (χ1) is 12.8. The molecule has 132 valence electrons. The first-order valence-corrected chi connectivity index (χ1v) is 9.33. The van der Waals surface area contributed by atoms with Crippen LogP contribution in [0.4, 0.5) is 0 Å². The summed E-state index contributed by atoms with van der Waals surface area (Å²) in [4.78, 5) is 4.88. The van der Waals surface area contributed by atoms with Crippen molar-refractivity contribution >= 4 is 33.4 Å². The number of aromatic nitrogens is 2. The molecule has 3 nitrogen and oxygen atoms in total. The lowest BCUT2D eigenvalue weighted by atomic mass is 10.0. The summed E-state index contributed by atoms with van der Waals surface area (Å²) in [7, 11) is 0. The highest BCUT2D eigenvalue weighted by atomic mass is 35.5. The third-order valence-electron chi connectivity index (χ3n) is 4.68. The van der Waals surface area contributed by atoms with Crippen LogP contribution in [0, 0.1) is 0 Å². The Labute approximate surface area is 158 Å². The number of halogens is 1. The Kier molecular flexibility index (Phi) is 4.91. The molecule has 0 radical (unpaired) electrons. The molecule has 4 aromatic rings. The topological polar surface area (TPSA) is 27.1 Å². The lowest BCUT2D eigenvalue weighted by Gasteiger charge is -2.11. The molecule has 0 aliphatic carbocycles. The fraction of sp³-hybridized carbons (Fsp3) is 0.227. The molecule has 0 unspecified atom stereocenters. The van der Waals surface area contributed by atoms with Gasteiger partial charge in [0, 0.05) is 24.6 Å². The van der Waals surface area contributed by atoms with E-state index >= 15 is 0 Å². The largest absolute Gasteiger partial charge is 0.380 e. The van der Waals surface area contributed by atoms with Crippen LogP contribution in [0.25, 0.3) is 21.8 Å². The van der Waals surface area contributed by atoms with Crippen molar-refractivity contribution in [2.24, 2.45) is 0 Å². The normalized spacial score (nSPS) is 11.5. The molecule has 0 saturated carbocycles. The van der Waals surface area contributed by atoms with Crippen molar-refractivity contribution in [2.75, 3.05) is 13.2 Å². The molecule has 3 aromatic carbocycles. The minimum absolute atomic E-state index is 0.664. The molecule has 4 rings (SSSR count). The number of fused-ring (bicyclic) bond motifs is 2. The third-order valence-corrected chi connectivity index (χ3v) is 4.92. The summed E-state index contributed by atoms with van der Waals surface area (Å²) in [5.74, 6) is 1.04. The second kappa shape index (κ2) is 7.48. The van der Waals surface area contributed by atoms with Crippen molar-refractivity contribution in [1.29, 1.82) is 0 Å². The summed E-state index contributed by atoms with van der Waals surface area (Å²) in [5.41, 5.74) is 3.32. The summed E-state index contributed by atoms with van der Waals surface area (Å²) < 4.78 is 7.81. The smallest absolute Gasteiger partial charge is 0.114 e. The zero-order valence-electron chi connectivity index (χ0n) is 14.8. The van der Waals surface area contributed by atoms with Gasteiger partial charge in [-0.3, -0.25) is 0 Å². The zero-order chi connectivity index (χ0) is 17.9. The minimum Gasteiger partial charge on any atom is -0.380 e. The third kappa shape index (κ3) is 3.33. The van der Waals surface area contributed by atoms with Gasteiger partial charge in [0.15, 0.2) is 0 Å². The average Bonchev–Trinajstić information content (AvgIpc) is 2.99. The van der Waals surface area contributed by atoms with E-state index in [1.807, 2.05) is 25.1 Å². The summed E-state index contributed by atoms with van der Waals surface area (Å²) >= 11 is 6.23. The van der Waals surface area contributed by atoms with Crippen molar-refractivity contribution in [2.45, 2.75) is 19.9 Å². The average molecular weight is 365 g/mol. The number of ether oxygens (including phenoxy) is 1. The summed E-state index contributed by atoms with van der Waals surface area (Å²) in [6, 6.07) is 20.8. The van der Waals surface area contributed by atoms with Gasteiger partial charge in [0.05, 0.1) is 17.6 Å². The molecule has 1 aromatic heterocycles. The fourth-order valence-electron chi connectivity index (χ4n) is 3.45. The standard InChI is InChI=1S/C22H21ClN2O/c1-2-26-13-12-25-21-15-18(23)10-11-20(21)24-22(25)14-17-8-5-7-16-6-3-4-9-19(16)17/h3-11,15H,2,12-14H2,1H3. The van der Waals surface area contributed by atoms with Gasteiger partial charge < -0.3 is 9.30 Å². The van der Waals surface area contributed by atoms with Gasteiger partial charge >= 0.3 is 0 Å². The fourth-order valence-corrected chi connectivity index (χ4v) is 3.61. The highest BCUT2D eigenvalue weighted by molar-refractivity contribution is 6.31. The van der Waals surface area contributed by atoms with Gasteiger partial charge in [-0.25, -0.2) is 4.98 Å². The number of rotatable bonds is 6. The van der Waals surface area contributed by atoms with Crippen LogP contribution in [0.5, 0.6) is 0 Å². The van der Waals surface area contributed by atoms with Gasteiger partial charge in [-0.1, -0.05) is 54.1 Å². The predicted molar refractivity (Wildman–Crippen MR) is 108 cm³/mol. The second-order valence-electron chi connectivity index (χ2n) is 6.32. The van der Waals surface area contributed by atoms with Gasteiger partial charge in [0.25, 0.3) is 0 Å². The maximum Gasteiger partial charge on any atom is 0.114 e. The lowest BCUT2D eigenvalue weighted by molar-refractivity contribution is 0.139. The van der Waals surface area contributed by atoms with E-state index in [0.717, 1.165) is 34.8 Å². The van der Waals surface area contributed by atoms with Crippen molar-refractivity contribution in [3.63, 3.8) is 0 Å². The Morgan fingerprint density at radius 1 is 1.04 bits per heavy atom. The van der Waals surface area contributed by atoms with Crippen LogP contribution in [0.15, 0.2) is 60.7 Å². The van der Waals surface area contributed by atoms with Crippen LogP contribution < -0.4 is 0 Å². The Hall–Kier alpha value is -2.36. The van der Waals surface area contributed by atoms with E-state index in [9.17, 15) is 0 Å². The van der Waals surface area contributed by atoms with Gasteiger partial charge in [0.2, 0.25) is 0 Å². The van der Waals surface area contributed by atoms with Crippen LogP contribution in [-0.2, 0) is 17.7 Å². The molecule has 4 heteroatoms. The monoisotopic (exact) mass is 364 g/mol. The Balaban J connectivity index is 1.78. The van der Waals surface area contributed by atoms with E-state index in [1.165, 1.54) is 16.3 Å². The Bertz CT molecular complexity index is 1050. The number of hydrogen-bond donors (Lipinski definition) is 0. The van der Waals surface area contributed by atoms with Crippen molar-refractivity contribution in [1.82, 2.24) is 9.55 Å². The van der Waals surface area contributed by atoms with Gasteiger partial charge in [-0.2, -0.15) is 0 Å². The lowest BCUT2D eigenvalue weighted by Crippen LogP contribution is -2.10. The quantitative estimate of drug-likeness (QED) is 0.424. The van der Waals surface area contributed by atoms with E-state index in [2.05, 4.69) is 47.0 Å². The molecule has 0 spiro atoms. The maximum absolute atomic E-state index is 6.23. The van der Waals surface area contributed by atoms with Gasteiger partial charge in [-0.15, -0.1) is 0 Å².